The molecule has 2 heterocycles. The SMILES string of the molecule is CCNc1nc(NC2CNC(=O)C2)nc(N(CC)CC)n1. The first-order valence-corrected chi connectivity index (χ1v) is 7.44. The van der Waals surface area contributed by atoms with Crippen molar-refractivity contribution in [3.05, 3.63) is 0 Å². The molecule has 1 aliphatic heterocycles. The van der Waals surface area contributed by atoms with Gasteiger partial charge in [-0.25, -0.2) is 0 Å². The van der Waals surface area contributed by atoms with E-state index in [1.54, 1.807) is 0 Å². The summed E-state index contributed by atoms with van der Waals surface area (Å²) in [7, 11) is 0. The molecule has 1 aromatic rings. The fraction of sp³-hybridized carbons (Fsp3) is 0.692. The molecule has 1 unspecified atom stereocenters. The summed E-state index contributed by atoms with van der Waals surface area (Å²) in [6.07, 6.45) is 0.447. The summed E-state index contributed by atoms with van der Waals surface area (Å²) in [5.41, 5.74) is 0. The number of carbonyl (C=O) groups is 1. The molecular weight excluding hydrogens is 270 g/mol. The van der Waals surface area contributed by atoms with Gasteiger partial charge in [-0.3, -0.25) is 4.79 Å². The van der Waals surface area contributed by atoms with Crippen molar-refractivity contribution in [2.24, 2.45) is 0 Å². The molecule has 1 atom stereocenters. The van der Waals surface area contributed by atoms with Gasteiger partial charge in [0.1, 0.15) is 0 Å². The minimum Gasteiger partial charge on any atom is -0.354 e. The van der Waals surface area contributed by atoms with Gasteiger partial charge < -0.3 is 20.9 Å². The molecule has 8 heteroatoms. The number of amides is 1. The highest BCUT2D eigenvalue weighted by atomic mass is 16.1. The van der Waals surface area contributed by atoms with E-state index < -0.39 is 0 Å². The van der Waals surface area contributed by atoms with Crippen LogP contribution in [0.3, 0.4) is 0 Å². The minimum atomic E-state index is 0.0268. The van der Waals surface area contributed by atoms with Crippen LogP contribution in [-0.4, -0.2) is 53.1 Å². The van der Waals surface area contributed by atoms with Crippen LogP contribution in [0.4, 0.5) is 17.8 Å². The lowest BCUT2D eigenvalue weighted by atomic mass is 10.3. The number of carbonyl (C=O) groups excluding carboxylic acids is 1. The standard InChI is InChI=1S/C13H23N7O/c1-4-14-11-17-12(16-9-7-10(21)15-8-9)19-13(18-11)20(5-2)6-3/h9H,4-8H2,1-3H3,(H,15,21)(H2,14,16,17,18,19). The molecule has 0 radical (unpaired) electrons. The van der Waals surface area contributed by atoms with Gasteiger partial charge >= 0.3 is 0 Å². The Hall–Kier alpha value is -2.12. The second-order valence-electron chi connectivity index (χ2n) is 4.83. The summed E-state index contributed by atoms with van der Waals surface area (Å²) in [4.78, 5) is 26.6. The van der Waals surface area contributed by atoms with E-state index in [0.717, 1.165) is 19.6 Å². The van der Waals surface area contributed by atoms with Crippen LogP contribution >= 0.6 is 0 Å². The zero-order valence-corrected chi connectivity index (χ0v) is 12.8. The van der Waals surface area contributed by atoms with Crippen LogP contribution in [0.2, 0.25) is 0 Å². The molecule has 21 heavy (non-hydrogen) atoms. The summed E-state index contributed by atoms with van der Waals surface area (Å²) in [6.45, 7) is 9.11. The maximum absolute atomic E-state index is 11.3. The lowest BCUT2D eigenvalue weighted by molar-refractivity contribution is -0.119. The van der Waals surface area contributed by atoms with Crippen molar-refractivity contribution >= 4 is 23.8 Å². The van der Waals surface area contributed by atoms with Gasteiger partial charge in [0.15, 0.2) is 0 Å². The van der Waals surface area contributed by atoms with Crippen LogP contribution < -0.4 is 20.9 Å². The molecule has 0 spiro atoms. The molecule has 8 nitrogen and oxygen atoms in total. The predicted molar refractivity (Wildman–Crippen MR) is 82.6 cm³/mol. The third-order valence-corrected chi connectivity index (χ3v) is 3.32. The van der Waals surface area contributed by atoms with E-state index in [1.807, 2.05) is 6.92 Å². The average Bonchev–Trinajstić information content (AvgIpc) is 2.86. The van der Waals surface area contributed by atoms with Gasteiger partial charge in [-0.15, -0.1) is 0 Å². The number of rotatable bonds is 7. The summed E-state index contributed by atoms with van der Waals surface area (Å²) >= 11 is 0. The van der Waals surface area contributed by atoms with Crippen LogP contribution in [0.5, 0.6) is 0 Å². The third-order valence-electron chi connectivity index (χ3n) is 3.32. The highest BCUT2D eigenvalue weighted by Crippen LogP contribution is 2.15. The van der Waals surface area contributed by atoms with E-state index in [2.05, 4.69) is 49.6 Å². The first-order chi connectivity index (χ1) is 10.2. The Balaban J connectivity index is 2.20. The van der Waals surface area contributed by atoms with Crippen molar-refractivity contribution in [3.63, 3.8) is 0 Å². The summed E-state index contributed by atoms with van der Waals surface area (Å²) in [5, 5.41) is 9.11. The molecule has 1 aliphatic rings. The topological polar surface area (TPSA) is 95.1 Å². The van der Waals surface area contributed by atoms with Gasteiger partial charge in [0.25, 0.3) is 0 Å². The third kappa shape index (κ3) is 3.93. The van der Waals surface area contributed by atoms with Gasteiger partial charge in [-0.1, -0.05) is 0 Å². The van der Waals surface area contributed by atoms with Gasteiger partial charge in [0.05, 0.1) is 6.04 Å². The zero-order chi connectivity index (χ0) is 15.2. The van der Waals surface area contributed by atoms with E-state index in [4.69, 9.17) is 0 Å². The maximum atomic E-state index is 11.3. The summed E-state index contributed by atoms with van der Waals surface area (Å²) < 4.78 is 0. The van der Waals surface area contributed by atoms with Gasteiger partial charge in [0.2, 0.25) is 23.8 Å². The van der Waals surface area contributed by atoms with Crippen molar-refractivity contribution in [1.29, 1.82) is 0 Å². The fourth-order valence-corrected chi connectivity index (χ4v) is 2.20. The highest BCUT2D eigenvalue weighted by molar-refractivity contribution is 5.79. The van der Waals surface area contributed by atoms with Crippen molar-refractivity contribution in [1.82, 2.24) is 20.3 Å². The Kier molecular flexibility index (Phi) is 5.13. The Morgan fingerprint density at radius 3 is 2.48 bits per heavy atom. The second kappa shape index (κ2) is 7.05. The Labute approximate surface area is 124 Å². The molecule has 2 rings (SSSR count). The van der Waals surface area contributed by atoms with Crippen molar-refractivity contribution in [2.45, 2.75) is 33.2 Å². The molecule has 0 saturated carbocycles. The molecule has 1 aromatic heterocycles. The van der Waals surface area contributed by atoms with Gasteiger partial charge in [0, 0.05) is 32.6 Å². The number of anilines is 3. The summed E-state index contributed by atoms with van der Waals surface area (Å²) in [6, 6.07) is 0.0268. The van der Waals surface area contributed by atoms with Crippen molar-refractivity contribution in [2.75, 3.05) is 41.7 Å². The smallest absolute Gasteiger partial charge is 0.231 e. The summed E-state index contributed by atoms with van der Waals surface area (Å²) in [5.74, 6) is 1.75. The van der Waals surface area contributed by atoms with Crippen LogP contribution in [0.15, 0.2) is 0 Å². The molecular formula is C13H23N7O. The van der Waals surface area contributed by atoms with E-state index >= 15 is 0 Å². The van der Waals surface area contributed by atoms with Gasteiger partial charge in [-0.2, -0.15) is 15.0 Å². The van der Waals surface area contributed by atoms with E-state index in [1.165, 1.54) is 0 Å². The number of nitrogens with zero attached hydrogens (tertiary/aromatic N) is 4. The molecule has 1 saturated heterocycles. The molecule has 3 N–H and O–H groups in total. The Bertz CT molecular complexity index is 489. The predicted octanol–water partition coefficient (Wildman–Crippen LogP) is 0.450. The van der Waals surface area contributed by atoms with E-state index in [9.17, 15) is 4.79 Å². The van der Waals surface area contributed by atoms with Crippen molar-refractivity contribution < 1.29 is 4.79 Å². The number of aromatic nitrogens is 3. The van der Waals surface area contributed by atoms with Crippen LogP contribution in [0, 0.1) is 0 Å². The van der Waals surface area contributed by atoms with Crippen LogP contribution in [-0.2, 0) is 4.79 Å². The lowest BCUT2D eigenvalue weighted by Crippen LogP contribution is -2.27. The molecule has 0 bridgehead atoms. The highest BCUT2D eigenvalue weighted by Gasteiger charge is 2.22. The fourth-order valence-electron chi connectivity index (χ4n) is 2.20. The average molecular weight is 293 g/mol. The second-order valence-corrected chi connectivity index (χ2v) is 4.83. The van der Waals surface area contributed by atoms with Crippen molar-refractivity contribution in [3.8, 4) is 0 Å². The molecule has 0 aromatic carbocycles. The minimum absolute atomic E-state index is 0.0268. The van der Waals surface area contributed by atoms with E-state index in [0.29, 0.717) is 30.8 Å². The number of hydrogen-bond donors (Lipinski definition) is 3. The van der Waals surface area contributed by atoms with Crippen LogP contribution in [0.1, 0.15) is 27.2 Å². The Morgan fingerprint density at radius 2 is 1.90 bits per heavy atom. The molecule has 1 amide bonds. The quantitative estimate of drug-likeness (QED) is 0.672. The largest absolute Gasteiger partial charge is 0.354 e. The maximum Gasteiger partial charge on any atom is 0.231 e. The molecule has 0 aliphatic carbocycles. The van der Waals surface area contributed by atoms with Gasteiger partial charge in [-0.05, 0) is 20.8 Å². The molecule has 116 valence electrons. The lowest BCUT2D eigenvalue weighted by Gasteiger charge is -2.20. The first-order valence-electron chi connectivity index (χ1n) is 7.44. The number of nitrogens with one attached hydrogen (secondary N) is 3. The number of hydrogen-bond acceptors (Lipinski definition) is 7. The van der Waals surface area contributed by atoms with E-state index in [-0.39, 0.29) is 11.9 Å². The monoisotopic (exact) mass is 293 g/mol. The normalized spacial score (nSPS) is 17.5. The zero-order valence-electron chi connectivity index (χ0n) is 12.8. The van der Waals surface area contributed by atoms with Crippen LogP contribution in [0.25, 0.3) is 0 Å². The molecule has 1 fully saturated rings. The Morgan fingerprint density at radius 1 is 1.19 bits per heavy atom. The first kappa shape index (κ1) is 15.3.